The van der Waals surface area contributed by atoms with Crippen LogP contribution in [-0.4, -0.2) is 24.2 Å². The third kappa shape index (κ3) is 2.74. The lowest BCUT2D eigenvalue weighted by Gasteiger charge is -2.21. The first-order chi connectivity index (χ1) is 8.18. The molecule has 4 nitrogen and oxygen atoms in total. The van der Waals surface area contributed by atoms with Crippen LogP contribution in [0.1, 0.15) is 12.8 Å². The van der Waals surface area contributed by atoms with Crippen LogP contribution in [-0.2, 0) is 9.53 Å². The lowest BCUT2D eigenvalue weighted by molar-refractivity contribution is -0.123. The Kier molecular flexibility index (Phi) is 3.58. The fraction of sp³-hybridized carbons (Fsp3) is 0.417. The lowest BCUT2D eigenvalue weighted by Crippen LogP contribution is -2.30. The number of carbonyl (C=O) groups is 1. The number of rotatable bonds is 2. The van der Waals surface area contributed by atoms with Gasteiger partial charge in [-0.15, -0.1) is 0 Å². The molecule has 0 saturated carbocycles. The molecule has 0 radical (unpaired) electrons. The van der Waals surface area contributed by atoms with Crippen molar-refractivity contribution in [1.82, 2.24) is 0 Å². The molecule has 1 unspecified atom stereocenters. The van der Waals surface area contributed by atoms with Gasteiger partial charge in [-0.2, -0.15) is 0 Å². The Morgan fingerprint density at radius 3 is 3.00 bits per heavy atom. The molecule has 0 spiro atoms. The first-order valence-corrected chi connectivity index (χ1v) is 5.54. The van der Waals surface area contributed by atoms with Gasteiger partial charge in [-0.1, -0.05) is 6.07 Å². The van der Waals surface area contributed by atoms with Gasteiger partial charge in [0, 0.05) is 6.61 Å². The minimum Gasteiger partial charge on any atom is -0.506 e. The van der Waals surface area contributed by atoms with E-state index in [0.717, 1.165) is 12.8 Å². The molecule has 1 fully saturated rings. The van der Waals surface area contributed by atoms with Crippen LogP contribution in [0.3, 0.4) is 0 Å². The Morgan fingerprint density at radius 1 is 1.53 bits per heavy atom. The molecule has 1 heterocycles. The van der Waals surface area contributed by atoms with E-state index in [2.05, 4.69) is 5.32 Å². The number of hydrogen-bond donors (Lipinski definition) is 2. The first-order valence-electron chi connectivity index (χ1n) is 5.54. The summed E-state index contributed by atoms with van der Waals surface area (Å²) >= 11 is 0. The number of ether oxygens (including phenoxy) is 1. The van der Waals surface area contributed by atoms with Gasteiger partial charge in [0.1, 0.15) is 11.4 Å². The molecule has 1 atom stereocenters. The Bertz CT molecular complexity index is 396. The minimum atomic E-state index is -0.643. The average molecular weight is 239 g/mol. The average Bonchev–Trinajstić information content (AvgIpc) is 2.35. The molecule has 5 heteroatoms. The van der Waals surface area contributed by atoms with E-state index in [1.165, 1.54) is 18.2 Å². The topological polar surface area (TPSA) is 58.6 Å². The largest absolute Gasteiger partial charge is 0.506 e. The maximum absolute atomic E-state index is 13.4. The van der Waals surface area contributed by atoms with Crippen LogP contribution in [0.2, 0.25) is 0 Å². The number of para-hydroxylation sites is 1. The van der Waals surface area contributed by atoms with E-state index in [4.69, 9.17) is 4.74 Å². The lowest BCUT2D eigenvalue weighted by atomic mass is 10.0. The van der Waals surface area contributed by atoms with Crippen molar-refractivity contribution in [1.29, 1.82) is 0 Å². The fourth-order valence-corrected chi connectivity index (χ4v) is 1.81. The number of phenols is 1. The quantitative estimate of drug-likeness (QED) is 0.775. The highest BCUT2D eigenvalue weighted by atomic mass is 19.1. The molecule has 1 amide bonds. The van der Waals surface area contributed by atoms with Crippen molar-refractivity contribution in [2.24, 2.45) is 5.92 Å². The summed E-state index contributed by atoms with van der Waals surface area (Å²) in [6, 6.07) is 3.90. The summed E-state index contributed by atoms with van der Waals surface area (Å²) in [6.45, 7) is 1.01. The van der Waals surface area contributed by atoms with Crippen molar-refractivity contribution in [2.75, 3.05) is 18.5 Å². The van der Waals surface area contributed by atoms with Crippen LogP contribution < -0.4 is 5.32 Å². The smallest absolute Gasteiger partial charge is 0.229 e. The van der Waals surface area contributed by atoms with Crippen LogP contribution in [0.15, 0.2) is 18.2 Å². The van der Waals surface area contributed by atoms with Crippen LogP contribution in [0.5, 0.6) is 5.75 Å². The molecule has 1 aromatic carbocycles. The highest BCUT2D eigenvalue weighted by Gasteiger charge is 2.23. The zero-order chi connectivity index (χ0) is 12.3. The molecule has 0 bridgehead atoms. The fourth-order valence-electron chi connectivity index (χ4n) is 1.81. The summed E-state index contributed by atoms with van der Waals surface area (Å²) in [7, 11) is 0. The summed E-state index contributed by atoms with van der Waals surface area (Å²) in [6.07, 6.45) is 1.54. The second-order valence-electron chi connectivity index (χ2n) is 4.04. The zero-order valence-electron chi connectivity index (χ0n) is 9.28. The molecule has 17 heavy (non-hydrogen) atoms. The van der Waals surface area contributed by atoms with Gasteiger partial charge >= 0.3 is 0 Å². The molecule has 1 aliphatic rings. The summed E-state index contributed by atoms with van der Waals surface area (Å²) in [5.74, 6) is -1.50. The van der Waals surface area contributed by atoms with Gasteiger partial charge in [0.15, 0.2) is 5.82 Å². The maximum Gasteiger partial charge on any atom is 0.229 e. The zero-order valence-corrected chi connectivity index (χ0v) is 9.28. The molecule has 0 aliphatic carbocycles. The number of anilines is 1. The molecule has 2 N–H and O–H groups in total. The van der Waals surface area contributed by atoms with Gasteiger partial charge in [0.05, 0.1) is 12.5 Å². The normalized spacial score (nSPS) is 19.9. The van der Waals surface area contributed by atoms with Gasteiger partial charge in [-0.3, -0.25) is 4.79 Å². The second-order valence-corrected chi connectivity index (χ2v) is 4.04. The van der Waals surface area contributed by atoms with Crippen molar-refractivity contribution in [2.45, 2.75) is 12.8 Å². The first kappa shape index (κ1) is 11.9. The number of amides is 1. The van der Waals surface area contributed by atoms with E-state index in [1.807, 2.05) is 0 Å². The van der Waals surface area contributed by atoms with Crippen LogP contribution in [0.4, 0.5) is 10.1 Å². The SMILES string of the molecule is O=C(Nc1c(O)cccc1F)C1CCCOC1. The van der Waals surface area contributed by atoms with E-state index in [9.17, 15) is 14.3 Å². The van der Waals surface area contributed by atoms with Gasteiger partial charge < -0.3 is 15.2 Å². The highest BCUT2D eigenvalue weighted by molar-refractivity contribution is 5.94. The second kappa shape index (κ2) is 5.14. The number of nitrogens with one attached hydrogen (secondary N) is 1. The van der Waals surface area contributed by atoms with Crippen molar-refractivity contribution in [3.8, 4) is 5.75 Å². The number of halogens is 1. The number of carbonyl (C=O) groups excluding carboxylic acids is 1. The standard InChI is InChI=1S/C12H14FNO3/c13-9-4-1-5-10(15)11(9)14-12(16)8-3-2-6-17-7-8/h1,4-5,8,15H,2-3,6-7H2,(H,14,16). The Labute approximate surface area is 98.4 Å². The van der Waals surface area contributed by atoms with E-state index in [-0.39, 0.29) is 23.3 Å². The summed E-state index contributed by atoms with van der Waals surface area (Å²) < 4.78 is 18.6. The van der Waals surface area contributed by atoms with Gasteiger partial charge in [-0.25, -0.2) is 4.39 Å². The van der Waals surface area contributed by atoms with Gasteiger partial charge in [0.2, 0.25) is 5.91 Å². The van der Waals surface area contributed by atoms with Crippen molar-refractivity contribution in [3.05, 3.63) is 24.0 Å². The van der Waals surface area contributed by atoms with Gasteiger partial charge in [-0.05, 0) is 25.0 Å². The molecule has 1 saturated heterocycles. The minimum absolute atomic E-state index is 0.164. The Morgan fingerprint density at radius 2 is 2.35 bits per heavy atom. The summed E-state index contributed by atoms with van der Waals surface area (Å²) in [5, 5.41) is 11.9. The van der Waals surface area contributed by atoms with E-state index in [0.29, 0.717) is 13.2 Å². The third-order valence-electron chi connectivity index (χ3n) is 2.77. The number of hydrogen-bond acceptors (Lipinski definition) is 3. The van der Waals surface area contributed by atoms with Crippen molar-refractivity contribution in [3.63, 3.8) is 0 Å². The molecule has 1 aliphatic heterocycles. The Balaban J connectivity index is 2.07. The van der Waals surface area contributed by atoms with E-state index >= 15 is 0 Å². The third-order valence-corrected chi connectivity index (χ3v) is 2.77. The van der Waals surface area contributed by atoms with E-state index in [1.54, 1.807) is 0 Å². The van der Waals surface area contributed by atoms with Crippen LogP contribution in [0, 0.1) is 11.7 Å². The number of benzene rings is 1. The van der Waals surface area contributed by atoms with Crippen LogP contribution in [0.25, 0.3) is 0 Å². The maximum atomic E-state index is 13.4. The summed E-state index contributed by atoms with van der Waals surface area (Å²) in [5.41, 5.74) is -0.164. The summed E-state index contributed by atoms with van der Waals surface area (Å²) in [4.78, 5) is 11.8. The van der Waals surface area contributed by atoms with Crippen molar-refractivity contribution >= 4 is 11.6 Å². The molecular formula is C12H14FNO3. The van der Waals surface area contributed by atoms with Crippen LogP contribution >= 0.6 is 0 Å². The van der Waals surface area contributed by atoms with E-state index < -0.39 is 5.82 Å². The molecule has 2 rings (SSSR count). The number of aromatic hydroxyl groups is 1. The molecular weight excluding hydrogens is 225 g/mol. The highest BCUT2D eigenvalue weighted by Crippen LogP contribution is 2.27. The predicted molar refractivity (Wildman–Crippen MR) is 60.2 cm³/mol. The van der Waals surface area contributed by atoms with Crippen molar-refractivity contribution < 1.29 is 19.0 Å². The number of phenolic OH excluding ortho intramolecular Hbond substituents is 1. The molecule has 92 valence electrons. The van der Waals surface area contributed by atoms with Gasteiger partial charge in [0.25, 0.3) is 0 Å². The molecule has 0 aromatic heterocycles. The monoisotopic (exact) mass is 239 g/mol. The Hall–Kier alpha value is -1.62. The molecule has 1 aromatic rings. The predicted octanol–water partition coefficient (Wildman–Crippen LogP) is 1.90.